The van der Waals surface area contributed by atoms with Gasteiger partial charge < -0.3 is 10.1 Å². The Hall–Kier alpha value is -2.13. The second-order valence-electron chi connectivity index (χ2n) is 3.51. The van der Waals surface area contributed by atoms with Crippen LogP contribution in [0.15, 0.2) is 29.3 Å². The van der Waals surface area contributed by atoms with Gasteiger partial charge >= 0.3 is 6.09 Å². The number of alkyl carbamates (subject to hydrolysis) is 1. The number of amides is 1. The Kier molecular flexibility index (Phi) is 2.98. The Morgan fingerprint density at radius 1 is 1.44 bits per heavy atom. The molecule has 1 atom stereocenters. The fourth-order valence-corrected chi connectivity index (χ4v) is 1.58. The largest absolute Gasteiger partial charge is 0.447 e. The highest BCUT2D eigenvalue weighted by atomic mass is 16.6. The van der Waals surface area contributed by atoms with Gasteiger partial charge in [-0.3, -0.25) is 0 Å². The molecule has 1 aliphatic heterocycles. The highest BCUT2D eigenvalue weighted by molar-refractivity contribution is 5.69. The topological polar surface area (TPSA) is 67.8 Å². The van der Waals surface area contributed by atoms with Crippen molar-refractivity contribution in [1.82, 2.24) is 5.32 Å². The van der Waals surface area contributed by atoms with E-state index in [0.29, 0.717) is 18.7 Å². The summed E-state index contributed by atoms with van der Waals surface area (Å²) in [7, 11) is 0. The van der Waals surface area contributed by atoms with Gasteiger partial charge in [0.2, 0.25) is 6.08 Å². The molecule has 5 heteroatoms. The summed E-state index contributed by atoms with van der Waals surface area (Å²) >= 11 is 0. The summed E-state index contributed by atoms with van der Waals surface area (Å²) in [5, 5.41) is 2.70. The smallest absolute Gasteiger partial charge is 0.407 e. The lowest BCUT2D eigenvalue weighted by Crippen LogP contribution is -2.28. The van der Waals surface area contributed by atoms with E-state index < -0.39 is 0 Å². The van der Waals surface area contributed by atoms with Crippen molar-refractivity contribution < 1.29 is 14.3 Å². The average Bonchev–Trinajstić information content (AvgIpc) is 2.67. The van der Waals surface area contributed by atoms with Crippen molar-refractivity contribution in [2.24, 2.45) is 4.99 Å². The number of nitrogens with one attached hydrogen (secondary N) is 1. The Morgan fingerprint density at radius 3 is 2.75 bits per heavy atom. The number of hydrogen-bond acceptors (Lipinski definition) is 4. The van der Waals surface area contributed by atoms with Gasteiger partial charge in [-0.25, -0.2) is 9.59 Å². The first kappa shape index (κ1) is 10.4. The lowest BCUT2D eigenvalue weighted by Gasteiger charge is -2.06. The number of cyclic esters (lactones) is 1. The van der Waals surface area contributed by atoms with Crippen LogP contribution in [0.25, 0.3) is 0 Å². The molecule has 1 unspecified atom stereocenters. The number of ether oxygens (including phenoxy) is 1. The fourth-order valence-electron chi connectivity index (χ4n) is 1.58. The van der Waals surface area contributed by atoms with Gasteiger partial charge in [0.05, 0.1) is 11.7 Å². The predicted octanol–water partition coefficient (Wildman–Crippen LogP) is 1.30. The molecule has 0 spiro atoms. The average molecular weight is 218 g/mol. The molecule has 1 aliphatic rings. The van der Waals surface area contributed by atoms with Crippen LogP contribution < -0.4 is 5.32 Å². The fraction of sp³-hybridized carbons (Fsp3) is 0.273. The summed E-state index contributed by atoms with van der Waals surface area (Å²) in [6.45, 7) is 0.396. The molecule has 1 saturated heterocycles. The molecule has 5 nitrogen and oxygen atoms in total. The van der Waals surface area contributed by atoms with Gasteiger partial charge in [0.25, 0.3) is 0 Å². The lowest BCUT2D eigenvalue weighted by molar-refractivity contribution is 0.177. The summed E-state index contributed by atoms with van der Waals surface area (Å²) in [6, 6.07) is 7.21. The van der Waals surface area contributed by atoms with Crippen LogP contribution in [0.2, 0.25) is 0 Å². The SMILES string of the molecule is O=C=Nc1ccc(CC2COC(=O)N2)cc1. The Labute approximate surface area is 92.1 Å². The third-order valence-electron chi connectivity index (χ3n) is 2.33. The number of carbonyl (C=O) groups is 1. The summed E-state index contributed by atoms with van der Waals surface area (Å²) in [4.78, 5) is 24.3. The quantitative estimate of drug-likeness (QED) is 0.614. The van der Waals surface area contributed by atoms with E-state index in [9.17, 15) is 9.59 Å². The molecule has 0 bridgehead atoms. The van der Waals surface area contributed by atoms with Crippen LogP contribution in [0.4, 0.5) is 10.5 Å². The van der Waals surface area contributed by atoms with Gasteiger partial charge in [0.15, 0.2) is 0 Å². The number of rotatable bonds is 3. The molecule has 0 radical (unpaired) electrons. The monoisotopic (exact) mass is 218 g/mol. The van der Waals surface area contributed by atoms with Crippen molar-refractivity contribution in [3.8, 4) is 0 Å². The molecular formula is C11H10N2O3. The van der Waals surface area contributed by atoms with Crippen LogP contribution in [-0.2, 0) is 16.0 Å². The summed E-state index contributed by atoms with van der Waals surface area (Å²) in [6.07, 6.45) is 1.82. The van der Waals surface area contributed by atoms with Gasteiger partial charge in [-0.15, -0.1) is 0 Å². The molecule has 1 aromatic rings. The zero-order valence-corrected chi connectivity index (χ0v) is 8.47. The summed E-state index contributed by atoms with van der Waals surface area (Å²) < 4.78 is 4.78. The first-order valence-electron chi connectivity index (χ1n) is 4.88. The normalized spacial score (nSPS) is 18.5. The first-order valence-corrected chi connectivity index (χ1v) is 4.88. The minimum atomic E-state index is -0.368. The van der Waals surface area contributed by atoms with Crippen molar-refractivity contribution in [2.45, 2.75) is 12.5 Å². The highest BCUT2D eigenvalue weighted by Gasteiger charge is 2.21. The zero-order chi connectivity index (χ0) is 11.4. The van der Waals surface area contributed by atoms with E-state index in [1.165, 1.54) is 6.08 Å². The van der Waals surface area contributed by atoms with Gasteiger partial charge in [-0.1, -0.05) is 12.1 Å². The molecule has 1 fully saturated rings. The molecule has 1 amide bonds. The van der Waals surface area contributed by atoms with E-state index in [0.717, 1.165) is 5.56 Å². The highest BCUT2D eigenvalue weighted by Crippen LogP contribution is 2.14. The van der Waals surface area contributed by atoms with E-state index in [1.54, 1.807) is 12.1 Å². The molecule has 1 N–H and O–H groups in total. The Morgan fingerprint density at radius 2 is 2.19 bits per heavy atom. The molecule has 1 aromatic carbocycles. The van der Waals surface area contributed by atoms with Gasteiger partial charge in [-0.05, 0) is 24.1 Å². The number of carbonyl (C=O) groups excluding carboxylic acids is 2. The minimum absolute atomic E-state index is 0.0212. The second-order valence-corrected chi connectivity index (χ2v) is 3.51. The van der Waals surface area contributed by atoms with E-state index in [1.807, 2.05) is 12.1 Å². The summed E-state index contributed by atoms with van der Waals surface area (Å²) in [5.41, 5.74) is 1.63. The number of nitrogens with zero attached hydrogens (tertiary/aromatic N) is 1. The molecule has 16 heavy (non-hydrogen) atoms. The predicted molar refractivity (Wildman–Crippen MR) is 56.2 cm³/mol. The molecule has 0 saturated carbocycles. The van der Waals surface area contributed by atoms with Crippen molar-refractivity contribution in [3.63, 3.8) is 0 Å². The number of hydrogen-bond donors (Lipinski definition) is 1. The molecule has 82 valence electrons. The van der Waals surface area contributed by atoms with Crippen molar-refractivity contribution in [2.75, 3.05) is 6.61 Å². The number of benzene rings is 1. The van der Waals surface area contributed by atoms with Crippen LogP contribution in [0, 0.1) is 0 Å². The minimum Gasteiger partial charge on any atom is -0.447 e. The maximum atomic E-state index is 10.8. The van der Waals surface area contributed by atoms with Gasteiger partial charge in [-0.2, -0.15) is 4.99 Å². The molecule has 2 rings (SSSR count). The molecular weight excluding hydrogens is 208 g/mol. The van der Waals surface area contributed by atoms with Crippen molar-refractivity contribution >= 4 is 17.9 Å². The van der Waals surface area contributed by atoms with Crippen molar-refractivity contribution in [1.29, 1.82) is 0 Å². The van der Waals surface area contributed by atoms with Crippen LogP contribution in [0.5, 0.6) is 0 Å². The third kappa shape index (κ3) is 2.46. The maximum absolute atomic E-state index is 10.8. The van der Waals surface area contributed by atoms with E-state index in [-0.39, 0.29) is 12.1 Å². The maximum Gasteiger partial charge on any atom is 0.407 e. The Bertz CT molecular complexity index is 435. The Balaban J connectivity index is 1.99. The van der Waals surface area contributed by atoms with Crippen molar-refractivity contribution in [3.05, 3.63) is 29.8 Å². The van der Waals surface area contributed by atoms with Gasteiger partial charge in [0, 0.05) is 0 Å². The second kappa shape index (κ2) is 4.59. The number of aliphatic imine (C=N–C) groups is 1. The van der Waals surface area contributed by atoms with E-state index in [4.69, 9.17) is 4.74 Å². The van der Waals surface area contributed by atoms with E-state index in [2.05, 4.69) is 10.3 Å². The third-order valence-corrected chi connectivity index (χ3v) is 2.33. The van der Waals surface area contributed by atoms with Crippen LogP contribution in [0.1, 0.15) is 5.56 Å². The zero-order valence-electron chi connectivity index (χ0n) is 8.47. The van der Waals surface area contributed by atoms with Crippen LogP contribution in [0.3, 0.4) is 0 Å². The molecule has 1 heterocycles. The summed E-state index contributed by atoms with van der Waals surface area (Å²) in [5.74, 6) is 0. The molecule has 0 aromatic heterocycles. The standard InChI is InChI=1S/C11H10N2O3/c14-7-12-9-3-1-8(2-4-9)5-10-6-16-11(15)13-10/h1-4,10H,5-6H2,(H,13,15). The van der Waals surface area contributed by atoms with Crippen LogP contribution >= 0.6 is 0 Å². The first-order chi connectivity index (χ1) is 7.78. The van der Waals surface area contributed by atoms with Gasteiger partial charge in [0.1, 0.15) is 6.61 Å². The molecule has 0 aliphatic carbocycles. The number of isocyanates is 1. The lowest BCUT2D eigenvalue weighted by atomic mass is 10.1. The van der Waals surface area contributed by atoms with Crippen LogP contribution in [-0.4, -0.2) is 24.8 Å². The van der Waals surface area contributed by atoms with E-state index >= 15 is 0 Å².